The number of rotatable bonds is 7. The third kappa shape index (κ3) is 5.45. The van der Waals surface area contributed by atoms with Crippen molar-refractivity contribution < 1.29 is 14.5 Å². The number of methoxy groups -OCH3 is 1. The molecule has 0 saturated heterocycles. The molecule has 0 aliphatic heterocycles. The number of benzene rings is 2. The van der Waals surface area contributed by atoms with Gasteiger partial charge in [0, 0.05) is 24.9 Å². The van der Waals surface area contributed by atoms with Crippen molar-refractivity contribution in [2.45, 2.75) is 6.54 Å². The van der Waals surface area contributed by atoms with E-state index in [2.05, 4.69) is 10.6 Å². The monoisotopic (exact) mass is 386 g/mol. The summed E-state index contributed by atoms with van der Waals surface area (Å²) in [5.41, 5.74) is 0.668. The molecule has 0 spiro atoms. The Hall–Kier alpha value is -3.57. The van der Waals surface area contributed by atoms with E-state index in [1.807, 2.05) is 0 Å². The van der Waals surface area contributed by atoms with E-state index in [9.17, 15) is 20.2 Å². The maximum Gasteiger partial charge on any atom is 0.271 e. The number of nitriles is 1. The van der Waals surface area contributed by atoms with Gasteiger partial charge < -0.3 is 15.4 Å². The fourth-order valence-electron chi connectivity index (χ4n) is 2.06. The number of ether oxygens (including phenoxy) is 1. The van der Waals surface area contributed by atoms with Crippen LogP contribution in [0.25, 0.3) is 0 Å². The van der Waals surface area contributed by atoms with Crippen LogP contribution < -0.4 is 15.4 Å². The average Bonchev–Trinajstić information content (AvgIpc) is 2.68. The van der Waals surface area contributed by atoms with Crippen molar-refractivity contribution in [3.8, 4) is 11.8 Å². The Balaban J connectivity index is 2.04. The summed E-state index contributed by atoms with van der Waals surface area (Å²) in [5.74, 6) is 0.100. The molecule has 0 atom stereocenters. The number of nitro groups is 1. The van der Waals surface area contributed by atoms with Crippen LogP contribution in [0.15, 0.2) is 54.2 Å². The molecule has 0 unspecified atom stereocenters. The lowest BCUT2D eigenvalue weighted by Crippen LogP contribution is -2.24. The predicted molar refractivity (Wildman–Crippen MR) is 100 cm³/mol. The second-order valence-corrected chi connectivity index (χ2v) is 5.67. The van der Waals surface area contributed by atoms with Crippen LogP contribution in [0, 0.1) is 21.4 Å². The number of carbonyl (C=O) groups excluding carboxylic acids is 1. The average molecular weight is 387 g/mol. The number of halogens is 1. The molecule has 8 nitrogen and oxygen atoms in total. The van der Waals surface area contributed by atoms with Gasteiger partial charge in [0.25, 0.3) is 11.6 Å². The van der Waals surface area contributed by atoms with E-state index < -0.39 is 10.8 Å². The number of non-ortho nitro benzene ring substituents is 1. The second-order valence-electron chi connectivity index (χ2n) is 5.27. The zero-order valence-corrected chi connectivity index (χ0v) is 15.0. The molecule has 2 rings (SSSR count). The van der Waals surface area contributed by atoms with Gasteiger partial charge in [0.1, 0.15) is 17.4 Å². The molecule has 0 aromatic heterocycles. The van der Waals surface area contributed by atoms with Gasteiger partial charge in [-0.05, 0) is 23.8 Å². The third-order valence-corrected chi connectivity index (χ3v) is 3.84. The van der Waals surface area contributed by atoms with E-state index in [-0.39, 0.29) is 28.5 Å². The number of hydrogen-bond acceptors (Lipinski definition) is 6. The third-order valence-electron chi connectivity index (χ3n) is 3.51. The fraction of sp³-hybridized carbons (Fsp3) is 0.111. The quantitative estimate of drug-likeness (QED) is 0.326. The molecule has 138 valence electrons. The van der Waals surface area contributed by atoms with Gasteiger partial charge in [-0.3, -0.25) is 14.9 Å². The summed E-state index contributed by atoms with van der Waals surface area (Å²) in [6, 6.07) is 12.7. The van der Waals surface area contributed by atoms with Crippen LogP contribution in [0.1, 0.15) is 5.56 Å². The molecule has 0 saturated carbocycles. The highest BCUT2D eigenvalue weighted by Gasteiger charge is 2.11. The Morgan fingerprint density at radius 2 is 2.04 bits per heavy atom. The Bertz CT molecular complexity index is 920. The Labute approximate surface area is 160 Å². The van der Waals surface area contributed by atoms with Crippen molar-refractivity contribution in [1.29, 1.82) is 5.26 Å². The van der Waals surface area contributed by atoms with Crippen LogP contribution in [0.3, 0.4) is 0 Å². The number of nitrogens with zero attached hydrogens (tertiary/aromatic N) is 2. The zero-order chi connectivity index (χ0) is 19.8. The minimum atomic E-state index is -0.595. The van der Waals surface area contributed by atoms with Gasteiger partial charge in [-0.15, -0.1) is 0 Å². The smallest absolute Gasteiger partial charge is 0.271 e. The molecular formula is C18H15ClN4O4. The molecule has 0 radical (unpaired) electrons. The summed E-state index contributed by atoms with van der Waals surface area (Å²) >= 11 is 5.96. The number of hydrogen-bond donors (Lipinski definition) is 2. The number of amides is 1. The maximum atomic E-state index is 12.1. The van der Waals surface area contributed by atoms with E-state index in [1.165, 1.54) is 18.2 Å². The molecule has 27 heavy (non-hydrogen) atoms. The zero-order valence-electron chi connectivity index (χ0n) is 14.2. The van der Waals surface area contributed by atoms with Gasteiger partial charge in [0.2, 0.25) is 0 Å². The van der Waals surface area contributed by atoms with Crippen LogP contribution in [0.2, 0.25) is 5.02 Å². The Morgan fingerprint density at radius 3 is 2.63 bits per heavy atom. The summed E-state index contributed by atoms with van der Waals surface area (Å²) in [5, 5.41) is 25.5. The van der Waals surface area contributed by atoms with E-state index in [4.69, 9.17) is 16.3 Å². The molecular weight excluding hydrogens is 372 g/mol. The first-order valence-corrected chi connectivity index (χ1v) is 8.04. The van der Waals surface area contributed by atoms with Crippen molar-refractivity contribution in [2.24, 2.45) is 0 Å². The van der Waals surface area contributed by atoms with E-state index >= 15 is 0 Å². The lowest BCUT2D eigenvalue weighted by Gasteiger charge is -2.07. The topological polar surface area (TPSA) is 117 Å². The Morgan fingerprint density at radius 1 is 1.33 bits per heavy atom. The van der Waals surface area contributed by atoms with E-state index in [1.54, 1.807) is 37.4 Å². The normalized spacial score (nSPS) is 10.6. The first kappa shape index (κ1) is 19.8. The van der Waals surface area contributed by atoms with Gasteiger partial charge >= 0.3 is 0 Å². The standard InChI is InChI=1S/C18H15ClN4O4/c1-27-15-5-2-12(3-6-15)10-22-18(24)13(9-20)11-21-17-8-14(23(25)26)4-7-16(17)19/h2-8,11,21H,10H2,1H3,(H,22,24)/b13-11-. The summed E-state index contributed by atoms with van der Waals surface area (Å²) in [6.45, 7) is 0.222. The Kier molecular flexibility index (Phi) is 6.74. The SMILES string of the molecule is COc1ccc(CNC(=O)/C(C#N)=C\Nc2cc([N+](=O)[O-])ccc2Cl)cc1. The molecule has 0 heterocycles. The highest BCUT2D eigenvalue weighted by atomic mass is 35.5. The van der Waals surface area contributed by atoms with Gasteiger partial charge in [-0.2, -0.15) is 5.26 Å². The molecule has 0 aliphatic rings. The lowest BCUT2D eigenvalue weighted by molar-refractivity contribution is -0.384. The number of anilines is 1. The van der Waals surface area contributed by atoms with Crippen LogP contribution in [-0.4, -0.2) is 17.9 Å². The predicted octanol–water partition coefficient (Wildman–Crippen LogP) is 3.39. The number of nitrogens with one attached hydrogen (secondary N) is 2. The molecule has 0 fully saturated rings. The molecule has 2 aromatic carbocycles. The van der Waals surface area contributed by atoms with Crippen molar-refractivity contribution in [3.63, 3.8) is 0 Å². The van der Waals surface area contributed by atoms with Crippen molar-refractivity contribution >= 4 is 28.9 Å². The van der Waals surface area contributed by atoms with Crippen LogP contribution in [0.4, 0.5) is 11.4 Å². The maximum absolute atomic E-state index is 12.1. The molecule has 1 amide bonds. The second kappa shape index (κ2) is 9.22. The van der Waals surface area contributed by atoms with Crippen molar-refractivity contribution in [3.05, 3.63) is 74.9 Å². The fourth-order valence-corrected chi connectivity index (χ4v) is 2.23. The van der Waals surface area contributed by atoms with Gasteiger partial charge in [-0.1, -0.05) is 23.7 Å². The highest BCUT2D eigenvalue weighted by molar-refractivity contribution is 6.33. The van der Waals surface area contributed by atoms with Gasteiger partial charge in [0.05, 0.1) is 22.7 Å². The summed E-state index contributed by atoms with van der Waals surface area (Å²) < 4.78 is 5.06. The minimum absolute atomic E-state index is 0.169. The highest BCUT2D eigenvalue weighted by Crippen LogP contribution is 2.26. The minimum Gasteiger partial charge on any atom is -0.497 e. The largest absolute Gasteiger partial charge is 0.497 e. The van der Waals surface area contributed by atoms with E-state index in [0.29, 0.717) is 5.75 Å². The van der Waals surface area contributed by atoms with Crippen LogP contribution in [-0.2, 0) is 11.3 Å². The van der Waals surface area contributed by atoms with Crippen LogP contribution >= 0.6 is 11.6 Å². The first-order chi connectivity index (χ1) is 12.9. The summed E-state index contributed by atoms with van der Waals surface area (Å²) in [6.07, 6.45) is 1.15. The lowest BCUT2D eigenvalue weighted by atomic mass is 10.2. The first-order valence-electron chi connectivity index (χ1n) is 7.66. The molecule has 0 aliphatic carbocycles. The molecule has 2 aromatic rings. The van der Waals surface area contributed by atoms with Crippen molar-refractivity contribution in [2.75, 3.05) is 12.4 Å². The molecule has 9 heteroatoms. The molecule has 2 N–H and O–H groups in total. The van der Waals surface area contributed by atoms with Crippen LogP contribution in [0.5, 0.6) is 5.75 Å². The van der Waals surface area contributed by atoms with Crippen molar-refractivity contribution in [1.82, 2.24) is 5.32 Å². The molecule has 0 bridgehead atoms. The number of nitro benzene ring substituents is 1. The van der Waals surface area contributed by atoms with Gasteiger partial charge in [0.15, 0.2) is 0 Å². The summed E-state index contributed by atoms with van der Waals surface area (Å²) in [4.78, 5) is 22.4. The van der Waals surface area contributed by atoms with Gasteiger partial charge in [-0.25, -0.2) is 0 Å². The number of carbonyl (C=O) groups is 1. The summed E-state index contributed by atoms with van der Waals surface area (Å²) in [7, 11) is 1.56. The van der Waals surface area contributed by atoms with E-state index in [0.717, 1.165) is 11.8 Å².